The van der Waals surface area contributed by atoms with E-state index >= 15 is 0 Å². The smallest absolute Gasteiger partial charge is 0.319 e. The van der Waals surface area contributed by atoms with Crippen molar-refractivity contribution in [1.29, 1.82) is 0 Å². The second-order valence-corrected chi connectivity index (χ2v) is 5.78. The Kier molecular flexibility index (Phi) is 6.35. The summed E-state index contributed by atoms with van der Waals surface area (Å²) < 4.78 is 4.76. The molecule has 0 spiro atoms. The van der Waals surface area contributed by atoms with Crippen LogP contribution < -0.4 is 5.73 Å². The van der Waals surface area contributed by atoms with E-state index in [2.05, 4.69) is 0 Å². The first-order valence-electron chi connectivity index (χ1n) is 7.41. The van der Waals surface area contributed by atoms with Crippen LogP contribution >= 0.6 is 11.6 Å². The predicted molar refractivity (Wildman–Crippen MR) is 92.5 cm³/mol. The summed E-state index contributed by atoms with van der Waals surface area (Å²) in [5.74, 6) is -0.792. The molecule has 1 amide bonds. The number of rotatable bonds is 7. The maximum Gasteiger partial charge on any atom is 0.319 e. The SMILES string of the molecule is COC(=O)CN(Cc1ccc(C(N)=O)cc1)Cc1ccccc1Cl. The number of hydrogen-bond donors (Lipinski definition) is 1. The Hall–Kier alpha value is -2.37. The van der Waals surface area contributed by atoms with Gasteiger partial charge in [-0.3, -0.25) is 14.5 Å². The molecule has 2 aromatic carbocycles. The number of ether oxygens (including phenoxy) is 1. The lowest BCUT2D eigenvalue weighted by molar-refractivity contribution is -0.142. The fraction of sp³-hybridized carbons (Fsp3) is 0.222. The molecule has 0 bridgehead atoms. The highest BCUT2D eigenvalue weighted by molar-refractivity contribution is 6.31. The van der Waals surface area contributed by atoms with E-state index in [4.69, 9.17) is 22.1 Å². The molecule has 126 valence electrons. The lowest BCUT2D eigenvalue weighted by Crippen LogP contribution is -2.30. The molecule has 24 heavy (non-hydrogen) atoms. The standard InChI is InChI=1S/C18H19ClN2O3/c1-24-17(22)12-21(11-15-4-2-3-5-16(15)19)10-13-6-8-14(9-7-13)18(20)23/h2-9H,10-12H2,1H3,(H2,20,23). The zero-order valence-corrected chi connectivity index (χ0v) is 14.1. The lowest BCUT2D eigenvalue weighted by Gasteiger charge is -2.22. The van der Waals surface area contributed by atoms with E-state index < -0.39 is 5.91 Å². The number of carbonyl (C=O) groups is 2. The van der Waals surface area contributed by atoms with Gasteiger partial charge < -0.3 is 10.5 Å². The Bertz CT molecular complexity index is 716. The van der Waals surface area contributed by atoms with Gasteiger partial charge in [0, 0.05) is 23.7 Å². The molecule has 0 atom stereocenters. The third kappa shape index (κ3) is 5.08. The second-order valence-electron chi connectivity index (χ2n) is 5.37. The van der Waals surface area contributed by atoms with Crippen LogP contribution in [0.1, 0.15) is 21.5 Å². The molecule has 0 aliphatic heterocycles. The van der Waals surface area contributed by atoms with Gasteiger partial charge in [-0.25, -0.2) is 0 Å². The normalized spacial score (nSPS) is 10.6. The molecule has 2 aromatic rings. The van der Waals surface area contributed by atoms with Crippen LogP contribution in [0.25, 0.3) is 0 Å². The van der Waals surface area contributed by atoms with Gasteiger partial charge >= 0.3 is 5.97 Å². The summed E-state index contributed by atoms with van der Waals surface area (Å²) in [7, 11) is 1.36. The average Bonchev–Trinajstić information content (AvgIpc) is 2.57. The summed E-state index contributed by atoms with van der Waals surface area (Å²) in [6.07, 6.45) is 0. The quantitative estimate of drug-likeness (QED) is 0.782. The molecule has 6 heteroatoms. The highest BCUT2D eigenvalue weighted by atomic mass is 35.5. The zero-order valence-electron chi connectivity index (χ0n) is 13.4. The van der Waals surface area contributed by atoms with Gasteiger partial charge in [0.2, 0.25) is 5.91 Å². The monoisotopic (exact) mass is 346 g/mol. The highest BCUT2D eigenvalue weighted by Crippen LogP contribution is 2.18. The van der Waals surface area contributed by atoms with Crippen LogP contribution in [0.2, 0.25) is 5.02 Å². The largest absolute Gasteiger partial charge is 0.468 e. The third-order valence-electron chi connectivity index (χ3n) is 3.58. The van der Waals surface area contributed by atoms with Crippen molar-refractivity contribution < 1.29 is 14.3 Å². The Balaban J connectivity index is 2.15. The number of nitrogens with zero attached hydrogens (tertiary/aromatic N) is 1. The maximum atomic E-state index is 11.7. The van der Waals surface area contributed by atoms with Gasteiger partial charge in [0.25, 0.3) is 0 Å². The van der Waals surface area contributed by atoms with Crippen LogP contribution in [0.4, 0.5) is 0 Å². The van der Waals surface area contributed by atoms with Crippen LogP contribution in [0.3, 0.4) is 0 Å². The number of esters is 1. The van der Waals surface area contributed by atoms with Gasteiger partial charge in [0.05, 0.1) is 13.7 Å². The average molecular weight is 347 g/mol. The van der Waals surface area contributed by atoms with E-state index in [1.807, 2.05) is 41.3 Å². The molecule has 0 radical (unpaired) electrons. The van der Waals surface area contributed by atoms with Crippen LogP contribution in [-0.4, -0.2) is 30.4 Å². The Morgan fingerprint density at radius 1 is 1.08 bits per heavy atom. The fourth-order valence-electron chi connectivity index (χ4n) is 2.31. The number of benzene rings is 2. The molecule has 0 aliphatic rings. The minimum Gasteiger partial charge on any atom is -0.468 e. The summed E-state index contributed by atoms with van der Waals surface area (Å²) in [4.78, 5) is 24.7. The van der Waals surface area contributed by atoms with Crippen molar-refractivity contribution in [3.05, 3.63) is 70.2 Å². The first-order chi connectivity index (χ1) is 11.5. The number of amides is 1. The van der Waals surface area contributed by atoms with Crippen molar-refractivity contribution in [2.75, 3.05) is 13.7 Å². The number of halogens is 1. The summed E-state index contributed by atoms with van der Waals surface area (Å²) >= 11 is 6.20. The van der Waals surface area contributed by atoms with Gasteiger partial charge in [-0.05, 0) is 29.3 Å². The molecule has 0 aromatic heterocycles. The first kappa shape index (κ1) is 18.0. The molecule has 0 aliphatic carbocycles. The van der Waals surface area contributed by atoms with Crippen molar-refractivity contribution in [3.63, 3.8) is 0 Å². The topological polar surface area (TPSA) is 72.6 Å². The molecule has 0 saturated carbocycles. The van der Waals surface area contributed by atoms with E-state index in [0.29, 0.717) is 23.7 Å². The summed E-state index contributed by atoms with van der Waals surface area (Å²) in [5, 5.41) is 0.649. The van der Waals surface area contributed by atoms with Crippen molar-refractivity contribution in [3.8, 4) is 0 Å². The Morgan fingerprint density at radius 2 is 1.75 bits per heavy atom. The summed E-state index contributed by atoms with van der Waals surface area (Å²) in [5.41, 5.74) is 7.57. The van der Waals surface area contributed by atoms with Gasteiger partial charge in [-0.1, -0.05) is 41.9 Å². The number of carbonyl (C=O) groups excluding carboxylic acids is 2. The number of nitrogens with two attached hydrogens (primary N) is 1. The van der Waals surface area contributed by atoms with Crippen LogP contribution in [-0.2, 0) is 22.6 Å². The molecule has 0 unspecified atom stereocenters. The number of methoxy groups -OCH3 is 1. The Labute approximate surface area is 146 Å². The first-order valence-corrected chi connectivity index (χ1v) is 7.78. The molecule has 0 saturated heterocycles. The minimum absolute atomic E-state index is 0.138. The minimum atomic E-state index is -0.468. The molecule has 0 heterocycles. The third-order valence-corrected chi connectivity index (χ3v) is 3.95. The zero-order chi connectivity index (χ0) is 17.5. The van der Waals surface area contributed by atoms with E-state index in [1.165, 1.54) is 7.11 Å². The molecule has 2 N–H and O–H groups in total. The van der Waals surface area contributed by atoms with Crippen molar-refractivity contribution in [2.45, 2.75) is 13.1 Å². The van der Waals surface area contributed by atoms with Gasteiger partial charge in [-0.15, -0.1) is 0 Å². The summed E-state index contributed by atoms with van der Waals surface area (Å²) in [6, 6.07) is 14.5. The molecular formula is C18H19ClN2O3. The maximum absolute atomic E-state index is 11.7. The Morgan fingerprint density at radius 3 is 2.33 bits per heavy atom. The van der Waals surface area contributed by atoms with Crippen LogP contribution in [0, 0.1) is 0 Å². The van der Waals surface area contributed by atoms with Crippen molar-refractivity contribution >= 4 is 23.5 Å². The summed E-state index contributed by atoms with van der Waals surface area (Å²) in [6.45, 7) is 1.16. The van der Waals surface area contributed by atoms with Gasteiger partial charge in [0.15, 0.2) is 0 Å². The van der Waals surface area contributed by atoms with Gasteiger partial charge in [0.1, 0.15) is 0 Å². The van der Waals surface area contributed by atoms with Crippen molar-refractivity contribution in [2.24, 2.45) is 5.73 Å². The van der Waals surface area contributed by atoms with Crippen molar-refractivity contribution in [1.82, 2.24) is 4.90 Å². The number of primary amides is 1. The fourth-order valence-corrected chi connectivity index (χ4v) is 2.51. The molecule has 5 nitrogen and oxygen atoms in total. The lowest BCUT2D eigenvalue weighted by atomic mass is 10.1. The van der Waals surface area contributed by atoms with Crippen LogP contribution in [0.15, 0.2) is 48.5 Å². The van der Waals surface area contributed by atoms with Crippen LogP contribution in [0.5, 0.6) is 0 Å². The molecular weight excluding hydrogens is 328 g/mol. The molecule has 2 rings (SSSR count). The second kappa shape index (κ2) is 8.47. The number of hydrogen-bond acceptors (Lipinski definition) is 4. The van der Waals surface area contributed by atoms with E-state index in [9.17, 15) is 9.59 Å². The van der Waals surface area contributed by atoms with E-state index in [-0.39, 0.29) is 12.5 Å². The predicted octanol–water partition coefficient (Wildman–Crippen LogP) is 2.61. The molecule has 0 fully saturated rings. The highest BCUT2D eigenvalue weighted by Gasteiger charge is 2.14. The van der Waals surface area contributed by atoms with E-state index in [1.54, 1.807) is 12.1 Å². The van der Waals surface area contributed by atoms with Gasteiger partial charge in [-0.2, -0.15) is 0 Å². The van der Waals surface area contributed by atoms with E-state index in [0.717, 1.165) is 11.1 Å².